The molecule has 0 fully saturated rings. The number of hydrogen-bond acceptors (Lipinski definition) is 4. The molecule has 1 unspecified atom stereocenters. The van der Waals surface area contributed by atoms with E-state index in [0.717, 1.165) is 22.6 Å². The van der Waals surface area contributed by atoms with Crippen LogP contribution in [0.1, 0.15) is 30.5 Å². The molecule has 0 N–H and O–H groups in total. The first-order valence-electron chi connectivity index (χ1n) is 6.05. The molecule has 98 valence electrons. The normalized spacial score (nSPS) is 14.9. The maximum Gasteiger partial charge on any atom is 0.231 e. The third-order valence-electron chi connectivity index (χ3n) is 3.22. The van der Waals surface area contributed by atoms with Gasteiger partial charge in [-0.3, -0.25) is 4.79 Å². The number of aryl methyl sites for hydroxylation is 1. The zero-order chi connectivity index (χ0) is 13.3. The molecular weight excluding hydrogens is 230 g/mol. The summed E-state index contributed by atoms with van der Waals surface area (Å²) in [4.78, 5) is 13.5. The molecule has 0 spiro atoms. The average Bonchev–Trinajstić information content (AvgIpc) is 2.71. The Morgan fingerprint density at radius 2 is 1.94 bits per heavy atom. The molecule has 0 saturated carbocycles. The molecule has 4 heteroatoms. The van der Waals surface area contributed by atoms with Crippen molar-refractivity contribution in [1.29, 1.82) is 0 Å². The Labute approximate surface area is 107 Å². The lowest BCUT2D eigenvalue weighted by Crippen LogP contribution is -2.22. The lowest BCUT2D eigenvalue weighted by Gasteiger charge is -2.25. The second-order valence-electron chi connectivity index (χ2n) is 4.95. The van der Waals surface area contributed by atoms with Crippen LogP contribution in [0.15, 0.2) is 12.1 Å². The number of carbonyl (C=O) groups is 1. The van der Waals surface area contributed by atoms with Gasteiger partial charge >= 0.3 is 0 Å². The predicted molar refractivity (Wildman–Crippen MR) is 69.0 cm³/mol. The highest BCUT2D eigenvalue weighted by atomic mass is 16.7. The molecule has 2 rings (SSSR count). The Balaban J connectivity index is 2.38. The molecular formula is C14H19NO3. The van der Waals surface area contributed by atoms with Crippen molar-refractivity contribution in [2.75, 3.05) is 20.9 Å². The van der Waals surface area contributed by atoms with Gasteiger partial charge in [0.15, 0.2) is 11.5 Å². The molecule has 0 aliphatic carbocycles. The average molecular weight is 249 g/mol. The van der Waals surface area contributed by atoms with Crippen LogP contribution in [-0.2, 0) is 4.79 Å². The van der Waals surface area contributed by atoms with Crippen LogP contribution in [-0.4, -0.2) is 31.6 Å². The lowest BCUT2D eigenvalue weighted by atomic mass is 9.96. The van der Waals surface area contributed by atoms with E-state index in [-0.39, 0.29) is 18.6 Å². The minimum Gasteiger partial charge on any atom is -0.454 e. The van der Waals surface area contributed by atoms with E-state index in [9.17, 15) is 4.79 Å². The van der Waals surface area contributed by atoms with Crippen molar-refractivity contribution < 1.29 is 14.3 Å². The van der Waals surface area contributed by atoms with E-state index in [1.807, 2.05) is 33.2 Å². The molecule has 4 nitrogen and oxygen atoms in total. The largest absolute Gasteiger partial charge is 0.454 e. The fraction of sp³-hybridized carbons (Fsp3) is 0.500. The van der Waals surface area contributed by atoms with Gasteiger partial charge in [0.1, 0.15) is 5.78 Å². The van der Waals surface area contributed by atoms with E-state index >= 15 is 0 Å². The summed E-state index contributed by atoms with van der Waals surface area (Å²) < 4.78 is 10.8. The van der Waals surface area contributed by atoms with Crippen LogP contribution in [0.3, 0.4) is 0 Å². The van der Waals surface area contributed by atoms with Gasteiger partial charge in [0.2, 0.25) is 6.79 Å². The Morgan fingerprint density at radius 3 is 2.50 bits per heavy atom. The van der Waals surface area contributed by atoms with E-state index in [1.165, 1.54) is 0 Å². The van der Waals surface area contributed by atoms with Gasteiger partial charge in [-0.25, -0.2) is 0 Å². The molecule has 1 aromatic carbocycles. The molecule has 1 heterocycles. The Bertz CT molecular complexity index is 468. The van der Waals surface area contributed by atoms with Crippen LogP contribution >= 0.6 is 0 Å². The minimum atomic E-state index is 0.0806. The molecule has 1 aliphatic rings. The van der Waals surface area contributed by atoms with Gasteiger partial charge in [0.25, 0.3) is 0 Å². The maximum atomic E-state index is 11.4. The summed E-state index contributed by atoms with van der Waals surface area (Å²) in [6, 6.07) is 4.05. The number of ether oxygens (including phenoxy) is 2. The smallest absolute Gasteiger partial charge is 0.231 e. The number of hydrogen-bond donors (Lipinski definition) is 0. The number of rotatable bonds is 4. The number of benzene rings is 1. The SMILES string of the molecule is CC(=O)CC(c1cc2c(cc1C)OCO2)N(C)C. The number of nitrogens with zero attached hydrogens (tertiary/aromatic N) is 1. The molecule has 0 bridgehead atoms. The lowest BCUT2D eigenvalue weighted by molar-refractivity contribution is -0.118. The summed E-state index contributed by atoms with van der Waals surface area (Å²) in [5.74, 6) is 1.74. The van der Waals surface area contributed by atoms with Gasteiger partial charge in [-0.1, -0.05) is 0 Å². The number of fused-ring (bicyclic) bond motifs is 1. The minimum absolute atomic E-state index is 0.0806. The van der Waals surface area contributed by atoms with Gasteiger partial charge in [-0.15, -0.1) is 0 Å². The van der Waals surface area contributed by atoms with Gasteiger partial charge < -0.3 is 14.4 Å². The van der Waals surface area contributed by atoms with E-state index < -0.39 is 0 Å². The molecule has 1 atom stereocenters. The maximum absolute atomic E-state index is 11.4. The van der Waals surface area contributed by atoms with Crippen molar-refractivity contribution in [3.05, 3.63) is 23.3 Å². The van der Waals surface area contributed by atoms with Crippen LogP contribution in [0.4, 0.5) is 0 Å². The van der Waals surface area contributed by atoms with Crippen molar-refractivity contribution in [3.63, 3.8) is 0 Å². The highest BCUT2D eigenvalue weighted by Gasteiger charge is 2.22. The number of carbonyl (C=O) groups excluding carboxylic acids is 1. The first-order chi connectivity index (χ1) is 8.49. The first kappa shape index (κ1) is 12.9. The van der Waals surface area contributed by atoms with Crippen LogP contribution in [0.2, 0.25) is 0 Å². The summed E-state index contributed by atoms with van der Waals surface area (Å²) in [5.41, 5.74) is 2.25. The van der Waals surface area contributed by atoms with Gasteiger partial charge in [-0.2, -0.15) is 0 Å². The summed E-state index contributed by atoms with van der Waals surface area (Å²) in [7, 11) is 3.97. The third kappa shape index (κ3) is 2.48. The van der Waals surface area contributed by atoms with Crippen molar-refractivity contribution in [1.82, 2.24) is 4.90 Å². The standard InChI is InChI=1S/C14H19NO3/c1-9-5-13-14(18-8-17-13)7-11(9)12(15(3)4)6-10(2)16/h5,7,12H,6,8H2,1-4H3. The number of ketones is 1. The predicted octanol–water partition coefficient (Wildman–Crippen LogP) is 2.31. The van der Waals surface area contributed by atoms with Crippen molar-refractivity contribution in [3.8, 4) is 11.5 Å². The Morgan fingerprint density at radius 1 is 1.33 bits per heavy atom. The van der Waals surface area contributed by atoms with E-state index in [2.05, 4.69) is 4.90 Å². The third-order valence-corrected chi connectivity index (χ3v) is 3.22. The second-order valence-corrected chi connectivity index (χ2v) is 4.95. The summed E-state index contributed by atoms with van der Waals surface area (Å²) in [6.07, 6.45) is 0.507. The fourth-order valence-corrected chi connectivity index (χ4v) is 2.26. The molecule has 1 aliphatic heterocycles. The quantitative estimate of drug-likeness (QED) is 0.820. The van der Waals surface area contributed by atoms with Crippen molar-refractivity contribution >= 4 is 5.78 Å². The number of Topliss-reactive ketones (excluding diaryl/α,β-unsaturated/α-hetero) is 1. The van der Waals surface area contributed by atoms with E-state index in [1.54, 1.807) is 6.92 Å². The van der Waals surface area contributed by atoms with E-state index in [0.29, 0.717) is 6.42 Å². The highest BCUT2D eigenvalue weighted by Crippen LogP contribution is 2.38. The molecule has 0 aromatic heterocycles. The zero-order valence-electron chi connectivity index (χ0n) is 11.3. The monoisotopic (exact) mass is 249 g/mol. The van der Waals surface area contributed by atoms with Gasteiger partial charge in [-0.05, 0) is 51.2 Å². The Hall–Kier alpha value is -1.55. The topological polar surface area (TPSA) is 38.8 Å². The second kappa shape index (κ2) is 4.98. The van der Waals surface area contributed by atoms with Crippen molar-refractivity contribution in [2.24, 2.45) is 0 Å². The molecule has 0 saturated heterocycles. The molecule has 0 amide bonds. The molecule has 0 radical (unpaired) electrons. The molecule has 1 aromatic rings. The van der Waals surface area contributed by atoms with Crippen LogP contribution in [0.5, 0.6) is 11.5 Å². The van der Waals surface area contributed by atoms with Crippen LogP contribution in [0, 0.1) is 6.92 Å². The van der Waals surface area contributed by atoms with Gasteiger partial charge in [0, 0.05) is 12.5 Å². The van der Waals surface area contributed by atoms with Crippen LogP contribution < -0.4 is 9.47 Å². The van der Waals surface area contributed by atoms with E-state index in [4.69, 9.17) is 9.47 Å². The Kier molecular flexibility index (Phi) is 3.57. The fourth-order valence-electron chi connectivity index (χ4n) is 2.26. The van der Waals surface area contributed by atoms with Crippen molar-refractivity contribution in [2.45, 2.75) is 26.3 Å². The van der Waals surface area contributed by atoms with Crippen LogP contribution in [0.25, 0.3) is 0 Å². The highest BCUT2D eigenvalue weighted by molar-refractivity contribution is 5.76. The van der Waals surface area contributed by atoms with Gasteiger partial charge in [0.05, 0.1) is 0 Å². The summed E-state index contributed by atoms with van der Waals surface area (Å²) in [6.45, 7) is 3.93. The molecule has 18 heavy (non-hydrogen) atoms. The summed E-state index contributed by atoms with van der Waals surface area (Å²) in [5, 5.41) is 0. The first-order valence-corrected chi connectivity index (χ1v) is 6.05. The summed E-state index contributed by atoms with van der Waals surface area (Å²) >= 11 is 0. The zero-order valence-corrected chi connectivity index (χ0v) is 11.3.